The van der Waals surface area contributed by atoms with E-state index in [0.29, 0.717) is 0 Å². The van der Waals surface area contributed by atoms with Crippen LogP contribution in [0, 0.1) is 0 Å². The first-order valence-electron chi connectivity index (χ1n) is 5.85. The van der Waals surface area contributed by atoms with Crippen molar-refractivity contribution >= 4 is 17.8 Å². The molecule has 0 fully saturated rings. The molecule has 106 valence electrons. The molecule has 1 amide bonds. The van der Waals surface area contributed by atoms with Gasteiger partial charge in [-0.05, 0) is 27.7 Å². The second-order valence-corrected chi connectivity index (χ2v) is 5.11. The van der Waals surface area contributed by atoms with E-state index in [1.807, 2.05) is 20.8 Å². The summed E-state index contributed by atoms with van der Waals surface area (Å²) >= 11 is 0. The minimum Gasteiger partial charge on any atom is -0.467 e. The van der Waals surface area contributed by atoms with E-state index in [1.165, 1.54) is 7.11 Å². The lowest BCUT2D eigenvalue weighted by Gasteiger charge is -2.23. The maximum Gasteiger partial charge on any atom is 0.322 e. The summed E-state index contributed by atoms with van der Waals surface area (Å²) in [7, 11) is 1.42. The van der Waals surface area contributed by atoms with Crippen molar-refractivity contribution in [1.82, 2.24) is 20.3 Å². The van der Waals surface area contributed by atoms with E-state index < -0.39 is 6.04 Å². The minimum absolute atomic E-state index is 0.0257. The van der Waals surface area contributed by atoms with Crippen molar-refractivity contribution in [2.45, 2.75) is 39.3 Å². The number of ether oxygens (including phenoxy) is 1. The first-order valence-corrected chi connectivity index (χ1v) is 5.85. The Morgan fingerprint density at radius 1 is 1.32 bits per heavy atom. The maximum atomic E-state index is 11.9. The molecular formula is C11H20N6O2. The molecule has 1 heterocycles. The highest BCUT2D eigenvalue weighted by Gasteiger charge is 2.20. The molecule has 0 spiro atoms. The number of methoxy groups -OCH3 is 1. The van der Waals surface area contributed by atoms with E-state index in [2.05, 4.69) is 25.6 Å². The number of nitrogens with one attached hydrogen (secondary N) is 2. The second kappa shape index (κ2) is 5.68. The number of amides is 1. The number of nitrogens with zero attached hydrogens (tertiary/aromatic N) is 3. The molecule has 4 N–H and O–H groups in total. The molecule has 19 heavy (non-hydrogen) atoms. The van der Waals surface area contributed by atoms with Gasteiger partial charge in [0.15, 0.2) is 0 Å². The van der Waals surface area contributed by atoms with Crippen LogP contribution in [0.2, 0.25) is 0 Å². The zero-order chi connectivity index (χ0) is 14.6. The summed E-state index contributed by atoms with van der Waals surface area (Å²) in [6.45, 7) is 7.41. The molecule has 0 aliphatic heterocycles. The van der Waals surface area contributed by atoms with Gasteiger partial charge in [-0.2, -0.15) is 15.0 Å². The lowest BCUT2D eigenvalue weighted by Crippen LogP contribution is -2.47. The number of nitrogens with two attached hydrogens (primary N) is 1. The van der Waals surface area contributed by atoms with Gasteiger partial charge in [-0.3, -0.25) is 4.79 Å². The quantitative estimate of drug-likeness (QED) is 0.713. The Kier molecular flexibility index (Phi) is 4.47. The Labute approximate surface area is 112 Å². The normalized spacial score (nSPS) is 12.7. The fourth-order valence-electron chi connectivity index (χ4n) is 1.26. The molecule has 1 atom stereocenters. The summed E-state index contributed by atoms with van der Waals surface area (Å²) < 4.78 is 4.88. The number of rotatable bonds is 4. The summed E-state index contributed by atoms with van der Waals surface area (Å²) in [5.41, 5.74) is 5.20. The van der Waals surface area contributed by atoms with E-state index in [9.17, 15) is 4.79 Å². The lowest BCUT2D eigenvalue weighted by molar-refractivity contribution is -0.122. The Morgan fingerprint density at radius 2 is 1.95 bits per heavy atom. The Bertz CT molecular complexity index is 457. The van der Waals surface area contributed by atoms with E-state index in [-0.39, 0.29) is 29.4 Å². The molecule has 0 saturated heterocycles. The van der Waals surface area contributed by atoms with Crippen molar-refractivity contribution in [2.24, 2.45) is 0 Å². The van der Waals surface area contributed by atoms with Gasteiger partial charge in [-0.15, -0.1) is 0 Å². The minimum atomic E-state index is -0.509. The number of carbonyl (C=O) groups excluding carboxylic acids is 1. The molecule has 1 unspecified atom stereocenters. The fraction of sp³-hybridized carbons (Fsp3) is 0.636. The molecule has 1 aromatic rings. The first-order chi connectivity index (χ1) is 8.71. The van der Waals surface area contributed by atoms with Crippen LogP contribution in [0.15, 0.2) is 0 Å². The van der Waals surface area contributed by atoms with E-state index in [1.54, 1.807) is 6.92 Å². The van der Waals surface area contributed by atoms with Gasteiger partial charge in [0, 0.05) is 5.54 Å². The molecule has 1 rings (SSSR count). The van der Waals surface area contributed by atoms with Crippen molar-refractivity contribution in [3.05, 3.63) is 0 Å². The first kappa shape index (κ1) is 14.9. The van der Waals surface area contributed by atoms with Crippen molar-refractivity contribution < 1.29 is 9.53 Å². The number of anilines is 2. The molecule has 0 aromatic carbocycles. The van der Waals surface area contributed by atoms with Crippen LogP contribution in [0.25, 0.3) is 0 Å². The molecule has 0 aliphatic rings. The average molecular weight is 268 g/mol. The lowest BCUT2D eigenvalue weighted by atomic mass is 10.1. The van der Waals surface area contributed by atoms with Gasteiger partial charge >= 0.3 is 6.01 Å². The topological polar surface area (TPSA) is 115 Å². The second-order valence-electron chi connectivity index (χ2n) is 5.11. The highest BCUT2D eigenvalue weighted by Crippen LogP contribution is 2.09. The van der Waals surface area contributed by atoms with Crippen molar-refractivity contribution in [2.75, 3.05) is 18.2 Å². The van der Waals surface area contributed by atoms with E-state index >= 15 is 0 Å². The molecule has 0 bridgehead atoms. The number of hydrogen-bond donors (Lipinski definition) is 3. The smallest absolute Gasteiger partial charge is 0.322 e. The van der Waals surface area contributed by atoms with Gasteiger partial charge in [0.25, 0.3) is 0 Å². The molecule has 0 radical (unpaired) electrons. The van der Waals surface area contributed by atoms with Crippen LogP contribution in [0.5, 0.6) is 6.01 Å². The van der Waals surface area contributed by atoms with E-state index in [4.69, 9.17) is 10.5 Å². The van der Waals surface area contributed by atoms with Crippen LogP contribution < -0.4 is 21.1 Å². The maximum absolute atomic E-state index is 11.9. The third kappa shape index (κ3) is 4.94. The number of aromatic nitrogens is 3. The monoisotopic (exact) mass is 268 g/mol. The van der Waals surface area contributed by atoms with Crippen LogP contribution in [0.4, 0.5) is 11.9 Å². The third-order valence-electron chi connectivity index (χ3n) is 2.05. The Balaban J connectivity index is 2.74. The highest BCUT2D eigenvalue weighted by molar-refractivity contribution is 5.84. The van der Waals surface area contributed by atoms with Gasteiger partial charge in [-0.25, -0.2) is 0 Å². The molecular weight excluding hydrogens is 248 g/mol. The standard InChI is InChI=1S/C11H20N6O2/c1-6(7(18)17-11(2,3)4)13-9-14-8(12)15-10(16-9)19-5/h6H,1-5H3,(H,17,18)(H3,12,13,14,15,16). The third-order valence-corrected chi connectivity index (χ3v) is 2.05. The van der Waals surface area contributed by atoms with Crippen LogP contribution in [-0.2, 0) is 4.79 Å². The largest absolute Gasteiger partial charge is 0.467 e. The summed E-state index contributed by atoms with van der Waals surface area (Å²) in [5, 5.41) is 5.69. The average Bonchev–Trinajstić information content (AvgIpc) is 2.25. The molecule has 8 heteroatoms. The van der Waals surface area contributed by atoms with Gasteiger partial charge in [0.2, 0.25) is 17.8 Å². The predicted octanol–water partition coefficient (Wildman–Crippen LogP) is 0.177. The number of carbonyl (C=O) groups is 1. The van der Waals surface area contributed by atoms with Gasteiger partial charge in [0.05, 0.1) is 7.11 Å². The van der Waals surface area contributed by atoms with Gasteiger partial charge in [-0.1, -0.05) is 0 Å². The van der Waals surface area contributed by atoms with Crippen molar-refractivity contribution in [3.8, 4) is 6.01 Å². The van der Waals surface area contributed by atoms with Crippen LogP contribution in [0.3, 0.4) is 0 Å². The summed E-state index contributed by atoms with van der Waals surface area (Å²) in [4.78, 5) is 23.5. The SMILES string of the molecule is COc1nc(N)nc(NC(C)C(=O)NC(C)(C)C)n1. The molecule has 8 nitrogen and oxygen atoms in total. The van der Waals surface area contributed by atoms with Crippen molar-refractivity contribution in [3.63, 3.8) is 0 Å². The van der Waals surface area contributed by atoms with Crippen LogP contribution >= 0.6 is 0 Å². The highest BCUT2D eigenvalue weighted by atomic mass is 16.5. The zero-order valence-corrected chi connectivity index (χ0v) is 11.8. The van der Waals surface area contributed by atoms with Crippen LogP contribution in [-0.4, -0.2) is 39.5 Å². The summed E-state index contributed by atoms with van der Waals surface area (Å²) in [6.07, 6.45) is 0. The Morgan fingerprint density at radius 3 is 2.47 bits per heavy atom. The zero-order valence-electron chi connectivity index (χ0n) is 11.8. The van der Waals surface area contributed by atoms with Crippen LogP contribution in [0.1, 0.15) is 27.7 Å². The molecule has 0 aliphatic carbocycles. The molecule has 0 saturated carbocycles. The summed E-state index contributed by atoms with van der Waals surface area (Å²) in [6, 6.07) is -0.413. The number of nitrogen functional groups attached to an aromatic ring is 1. The summed E-state index contributed by atoms with van der Waals surface area (Å²) in [5.74, 6) is 0.0594. The Hall–Kier alpha value is -2.12. The van der Waals surface area contributed by atoms with Gasteiger partial charge < -0.3 is 21.1 Å². The van der Waals surface area contributed by atoms with Gasteiger partial charge in [0.1, 0.15) is 6.04 Å². The van der Waals surface area contributed by atoms with E-state index in [0.717, 1.165) is 0 Å². The predicted molar refractivity (Wildman–Crippen MR) is 71.8 cm³/mol. The number of hydrogen-bond acceptors (Lipinski definition) is 7. The molecule has 1 aromatic heterocycles. The van der Waals surface area contributed by atoms with Crippen molar-refractivity contribution in [1.29, 1.82) is 0 Å². The fourth-order valence-corrected chi connectivity index (χ4v) is 1.26.